The number of hydrogen-bond acceptors (Lipinski definition) is 6. The molecular formula is C14H17NO6. The number of ether oxygens (including phenoxy) is 3. The van der Waals surface area contributed by atoms with Gasteiger partial charge in [0.25, 0.3) is 5.69 Å². The third kappa shape index (κ3) is 5.03. The maximum atomic E-state index is 11.4. The van der Waals surface area contributed by atoms with E-state index in [4.69, 9.17) is 14.2 Å². The Kier molecular flexibility index (Phi) is 5.51. The molecule has 1 atom stereocenters. The van der Waals surface area contributed by atoms with Gasteiger partial charge in [-0.2, -0.15) is 0 Å². The van der Waals surface area contributed by atoms with E-state index < -0.39 is 11.1 Å². The summed E-state index contributed by atoms with van der Waals surface area (Å²) >= 11 is 0. The van der Waals surface area contributed by atoms with Gasteiger partial charge in [0.15, 0.2) is 0 Å². The van der Waals surface area contributed by atoms with Crippen molar-refractivity contribution in [3.8, 4) is 5.75 Å². The maximum absolute atomic E-state index is 11.4. The van der Waals surface area contributed by atoms with Crippen molar-refractivity contribution in [2.24, 2.45) is 0 Å². The molecule has 7 heteroatoms. The van der Waals surface area contributed by atoms with E-state index in [1.54, 1.807) is 0 Å². The van der Waals surface area contributed by atoms with Gasteiger partial charge in [0.1, 0.15) is 5.75 Å². The van der Waals surface area contributed by atoms with Crippen LogP contribution in [-0.4, -0.2) is 30.4 Å². The Morgan fingerprint density at radius 3 is 2.76 bits per heavy atom. The molecule has 1 saturated heterocycles. The number of non-ortho nitro benzene ring substituents is 1. The summed E-state index contributed by atoms with van der Waals surface area (Å²) in [6.07, 6.45) is 3.21. The van der Waals surface area contributed by atoms with Crippen LogP contribution in [0.1, 0.15) is 25.7 Å². The van der Waals surface area contributed by atoms with Crippen LogP contribution in [0.5, 0.6) is 5.75 Å². The lowest BCUT2D eigenvalue weighted by Crippen LogP contribution is -2.13. The van der Waals surface area contributed by atoms with Crippen molar-refractivity contribution in [3.63, 3.8) is 0 Å². The van der Waals surface area contributed by atoms with Crippen molar-refractivity contribution in [3.05, 3.63) is 34.4 Å². The summed E-state index contributed by atoms with van der Waals surface area (Å²) < 4.78 is 15.3. The van der Waals surface area contributed by atoms with Crippen molar-refractivity contribution in [1.29, 1.82) is 0 Å². The Morgan fingerprint density at radius 2 is 2.14 bits per heavy atom. The van der Waals surface area contributed by atoms with Crippen LogP contribution in [-0.2, 0) is 9.47 Å². The maximum Gasteiger partial charge on any atom is 0.513 e. The normalized spacial score (nSPS) is 17.4. The van der Waals surface area contributed by atoms with E-state index in [-0.39, 0.29) is 24.1 Å². The molecule has 0 amide bonds. The first-order valence-electron chi connectivity index (χ1n) is 6.86. The second-order valence-electron chi connectivity index (χ2n) is 4.73. The average molecular weight is 295 g/mol. The molecule has 0 bridgehead atoms. The lowest BCUT2D eigenvalue weighted by Gasteiger charge is -2.09. The zero-order chi connectivity index (χ0) is 15.1. The summed E-state index contributed by atoms with van der Waals surface area (Å²) in [5, 5.41) is 10.5. The van der Waals surface area contributed by atoms with Gasteiger partial charge in [-0.05, 0) is 37.8 Å². The van der Waals surface area contributed by atoms with Gasteiger partial charge in [-0.15, -0.1) is 0 Å². The van der Waals surface area contributed by atoms with Crippen LogP contribution in [0.4, 0.5) is 10.5 Å². The highest BCUT2D eigenvalue weighted by Gasteiger charge is 2.15. The molecule has 0 aromatic heterocycles. The Bertz CT molecular complexity index is 481. The summed E-state index contributed by atoms with van der Waals surface area (Å²) in [6.45, 7) is 1.08. The van der Waals surface area contributed by atoms with E-state index in [2.05, 4.69) is 0 Å². The number of nitro groups is 1. The van der Waals surface area contributed by atoms with Gasteiger partial charge in [-0.25, -0.2) is 4.79 Å². The van der Waals surface area contributed by atoms with Crippen molar-refractivity contribution in [2.75, 3.05) is 13.2 Å². The van der Waals surface area contributed by atoms with Gasteiger partial charge in [0.05, 0.1) is 17.6 Å². The van der Waals surface area contributed by atoms with Crippen LogP contribution in [0.2, 0.25) is 0 Å². The van der Waals surface area contributed by atoms with Crippen molar-refractivity contribution in [1.82, 2.24) is 0 Å². The molecule has 21 heavy (non-hydrogen) atoms. The van der Waals surface area contributed by atoms with E-state index in [0.717, 1.165) is 32.3 Å². The van der Waals surface area contributed by atoms with Gasteiger partial charge in [-0.1, -0.05) is 0 Å². The first kappa shape index (κ1) is 15.2. The smallest absolute Gasteiger partial charge is 0.434 e. The molecule has 0 radical (unpaired) electrons. The zero-order valence-corrected chi connectivity index (χ0v) is 11.5. The molecule has 1 unspecified atom stereocenters. The molecule has 1 aliphatic rings. The highest BCUT2D eigenvalue weighted by atomic mass is 16.7. The fraction of sp³-hybridized carbons (Fsp3) is 0.500. The minimum atomic E-state index is -0.809. The highest BCUT2D eigenvalue weighted by molar-refractivity contribution is 5.63. The van der Waals surface area contributed by atoms with Crippen molar-refractivity contribution >= 4 is 11.8 Å². The van der Waals surface area contributed by atoms with E-state index in [9.17, 15) is 14.9 Å². The van der Waals surface area contributed by atoms with Gasteiger partial charge in [-0.3, -0.25) is 10.1 Å². The molecule has 1 aromatic rings. The highest BCUT2D eigenvalue weighted by Crippen LogP contribution is 2.18. The molecular weight excluding hydrogens is 278 g/mol. The predicted octanol–water partition coefficient (Wildman–Crippen LogP) is 3.07. The minimum absolute atomic E-state index is 0.0627. The first-order chi connectivity index (χ1) is 10.1. The van der Waals surface area contributed by atoms with Gasteiger partial charge in [0, 0.05) is 18.7 Å². The average Bonchev–Trinajstić information content (AvgIpc) is 2.97. The SMILES string of the molecule is O=C(OCCCC1CCCO1)Oc1ccc([N+](=O)[O-])cc1. The Labute approximate surface area is 122 Å². The molecule has 0 spiro atoms. The van der Waals surface area contributed by atoms with E-state index in [1.807, 2.05) is 0 Å². The summed E-state index contributed by atoms with van der Waals surface area (Å²) in [5.41, 5.74) is -0.0627. The third-order valence-electron chi connectivity index (χ3n) is 3.16. The molecule has 1 aliphatic heterocycles. The van der Waals surface area contributed by atoms with E-state index >= 15 is 0 Å². The molecule has 1 fully saturated rings. The lowest BCUT2D eigenvalue weighted by molar-refractivity contribution is -0.384. The fourth-order valence-corrected chi connectivity index (χ4v) is 2.10. The predicted molar refractivity (Wildman–Crippen MR) is 73.3 cm³/mol. The standard InChI is InChI=1S/C14H17NO6/c16-14(20-10-2-4-12-3-1-9-19-12)21-13-7-5-11(6-8-13)15(17)18/h5-8,12H,1-4,9-10H2. The van der Waals surface area contributed by atoms with Crippen LogP contribution < -0.4 is 4.74 Å². The monoisotopic (exact) mass is 295 g/mol. The van der Waals surface area contributed by atoms with E-state index in [1.165, 1.54) is 24.3 Å². The number of rotatable bonds is 6. The third-order valence-corrected chi connectivity index (χ3v) is 3.16. The number of carbonyl (C=O) groups is 1. The first-order valence-corrected chi connectivity index (χ1v) is 6.86. The number of nitro benzene ring substituents is 1. The Hall–Kier alpha value is -2.15. The molecule has 114 valence electrons. The Morgan fingerprint density at radius 1 is 1.38 bits per heavy atom. The quantitative estimate of drug-likeness (QED) is 0.263. The molecule has 7 nitrogen and oxygen atoms in total. The van der Waals surface area contributed by atoms with Crippen LogP contribution >= 0.6 is 0 Å². The van der Waals surface area contributed by atoms with Crippen molar-refractivity contribution in [2.45, 2.75) is 31.8 Å². The number of carbonyl (C=O) groups excluding carboxylic acids is 1. The summed E-state index contributed by atoms with van der Waals surface area (Å²) in [4.78, 5) is 21.4. The van der Waals surface area contributed by atoms with Gasteiger partial charge in [0.2, 0.25) is 0 Å². The molecule has 0 aliphatic carbocycles. The molecule has 1 aromatic carbocycles. The topological polar surface area (TPSA) is 87.9 Å². The number of benzene rings is 1. The summed E-state index contributed by atoms with van der Waals surface area (Å²) in [7, 11) is 0. The number of hydrogen-bond donors (Lipinski definition) is 0. The summed E-state index contributed by atoms with van der Waals surface area (Å²) in [5.74, 6) is 0.213. The molecule has 2 rings (SSSR count). The number of nitrogens with zero attached hydrogens (tertiary/aromatic N) is 1. The largest absolute Gasteiger partial charge is 0.513 e. The van der Waals surface area contributed by atoms with Gasteiger partial charge >= 0.3 is 6.16 Å². The van der Waals surface area contributed by atoms with Crippen LogP contribution in [0.3, 0.4) is 0 Å². The van der Waals surface area contributed by atoms with Crippen LogP contribution in [0, 0.1) is 10.1 Å². The van der Waals surface area contributed by atoms with Gasteiger partial charge < -0.3 is 14.2 Å². The molecule has 0 saturated carbocycles. The van der Waals surface area contributed by atoms with E-state index in [0.29, 0.717) is 0 Å². The second-order valence-corrected chi connectivity index (χ2v) is 4.73. The fourth-order valence-electron chi connectivity index (χ4n) is 2.10. The second kappa shape index (κ2) is 7.58. The zero-order valence-electron chi connectivity index (χ0n) is 11.5. The lowest BCUT2D eigenvalue weighted by atomic mass is 10.1. The van der Waals surface area contributed by atoms with Crippen LogP contribution in [0.15, 0.2) is 24.3 Å². The molecule has 1 heterocycles. The summed E-state index contributed by atoms with van der Waals surface area (Å²) in [6, 6.07) is 5.23. The van der Waals surface area contributed by atoms with Crippen LogP contribution in [0.25, 0.3) is 0 Å². The Balaban J connectivity index is 1.65. The minimum Gasteiger partial charge on any atom is -0.434 e. The van der Waals surface area contributed by atoms with Crippen molar-refractivity contribution < 1.29 is 23.9 Å². The molecule has 0 N–H and O–H groups in total.